The number of hydrogen-bond donors (Lipinski definition) is 1. The molecule has 0 fully saturated rings. The number of nitrogens with one attached hydrogen (secondary N) is 1. The minimum Gasteiger partial charge on any atom is -0.493 e. The highest BCUT2D eigenvalue weighted by atomic mass is 16.5. The number of amides is 1. The molecule has 0 radical (unpaired) electrons. The van der Waals surface area contributed by atoms with Gasteiger partial charge in [-0.2, -0.15) is 5.10 Å². The lowest BCUT2D eigenvalue weighted by molar-refractivity contribution is 0.102. The van der Waals surface area contributed by atoms with E-state index in [-0.39, 0.29) is 11.9 Å². The summed E-state index contributed by atoms with van der Waals surface area (Å²) in [5.41, 5.74) is 5.52. The van der Waals surface area contributed by atoms with Crippen molar-refractivity contribution in [3.63, 3.8) is 0 Å². The van der Waals surface area contributed by atoms with E-state index in [4.69, 9.17) is 14.5 Å². The molecular formula is C26H28N4O3. The standard InChI is InChI=1S/C26H28N4O3/c1-15(2)30-25-20(14-27-30)19(12-22(28-25)18-9-7-16(3)8-10-18)26(31)29-21-13-24(33-6)23(32-5)11-17(21)4/h7-15H,1-6H3,(H,29,31). The van der Waals surface area contributed by atoms with Crippen LogP contribution in [-0.2, 0) is 0 Å². The van der Waals surface area contributed by atoms with Gasteiger partial charge in [-0.25, -0.2) is 9.67 Å². The molecule has 2 aromatic heterocycles. The van der Waals surface area contributed by atoms with E-state index in [1.54, 1.807) is 26.5 Å². The summed E-state index contributed by atoms with van der Waals surface area (Å²) in [5, 5.41) is 8.23. The number of methoxy groups -OCH3 is 2. The Labute approximate surface area is 193 Å². The number of benzene rings is 2. The van der Waals surface area contributed by atoms with E-state index in [1.807, 2.05) is 68.8 Å². The Balaban J connectivity index is 1.82. The van der Waals surface area contributed by atoms with Crippen LogP contribution in [0.1, 0.15) is 41.4 Å². The van der Waals surface area contributed by atoms with Gasteiger partial charge in [-0.05, 0) is 45.4 Å². The second-order valence-electron chi connectivity index (χ2n) is 8.32. The van der Waals surface area contributed by atoms with Crippen LogP contribution in [0.2, 0.25) is 0 Å². The van der Waals surface area contributed by atoms with Crippen LogP contribution < -0.4 is 14.8 Å². The second kappa shape index (κ2) is 8.94. The quantitative estimate of drug-likeness (QED) is 0.421. The summed E-state index contributed by atoms with van der Waals surface area (Å²) >= 11 is 0. The number of carbonyl (C=O) groups is 1. The summed E-state index contributed by atoms with van der Waals surface area (Å²) in [5.74, 6) is 0.916. The minimum absolute atomic E-state index is 0.104. The van der Waals surface area contributed by atoms with Crippen molar-refractivity contribution >= 4 is 22.6 Å². The maximum absolute atomic E-state index is 13.5. The fourth-order valence-corrected chi connectivity index (χ4v) is 3.76. The molecule has 0 unspecified atom stereocenters. The van der Waals surface area contributed by atoms with E-state index in [0.29, 0.717) is 33.8 Å². The van der Waals surface area contributed by atoms with Gasteiger partial charge in [-0.15, -0.1) is 0 Å². The van der Waals surface area contributed by atoms with Crippen molar-refractivity contribution in [2.75, 3.05) is 19.5 Å². The third kappa shape index (κ3) is 4.26. The minimum atomic E-state index is -0.241. The second-order valence-corrected chi connectivity index (χ2v) is 8.32. The number of ether oxygens (including phenoxy) is 2. The van der Waals surface area contributed by atoms with Gasteiger partial charge in [0.15, 0.2) is 17.1 Å². The van der Waals surface area contributed by atoms with Gasteiger partial charge < -0.3 is 14.8 Å². The summed E-state index contributed by atoms with van der Waals surface area (Å²) in [4.78, 5) is 18.4. The number of rotatable bonds is 6. The maximum Gasteiger partial charge on any atom is 0.256 e. The maximum atomic E-state index is 13.5. The summed E-state index contributed by atoms with van der Waals surface area (Å²) in [6.45, 7) is 8.03. The molecule has 7 nitrogen and oxygen atoms in total. The Morgan fingerprint density at radius 2 is 1.67 bits per heavy atom. The Morgan fingerprint density at radius 3 is 2.30 bits per heavy atom. The highest BCUT2D eigenvalue weighted by molar-refractivity contribution is 6.13. The van der Waals surface area contributed by atoms with Crippen LogP contribution >= 0.6 is 0 Å². The lowest BCUT2D eigenvalue weighted by Gasteiger charge is -2.15. The van der Waals surface area contributed by atoms with Crippen molar-refractivity contribution < 1.29 is 14.3 Å². The molecule has 1 amide bonds. The van der Waals surface area contributed by atoms with Gasteiger partial charge in [0.05, 0.1) is 37.1 Å². The number of fused-ring (bicyclic) bond motifs is 1. The zero-order chi connectivity index (χ0) is 23.7. The summed E-state index contributed by atoms with van der Waals surface area (Å²) in [6.07, 6.45) is 1.71. The van der Waals surface area contributed by atoms with Gasteiger partial charge in [0.25, 0.3) is 5.91 Å². The first-order valence-electron chi connectivity index (χ1n) is 10.8. The van der Waals surface area contributed by atoms with Crippen LogP contribution in [0.15, 0.2) is 48.7 Å². The molecule has 0 bridgehead atoms. The highest BCUT2D eigenvalue weighted by Gasteiger charge is 2.20. The predicted octanol–water partition coefficient (Wildman–Crippen LogP) is 5.57. The lowest BCUT2D eigenvalue weighted by Crippen LogP contribution is -2.14. The molecular weight excluding hydrogens is 416 g/mol. The molecule has 33 heavy (non-hydrogen) atoms. The largest absolute Gasteiger partial charge is 0.493 e. The summed E-state index contributed by atoms with van der Waals surface area (Å²) in [6, 6.07) is 13.6. The van der Waals surface area contributed by atoms with Gasteiger partial charge in [-0.1, -0.05) is 29.8 Å². The van der Waals surface area contributed by atoms with Crippen LogP contribution in [0, 0.1) is 13.8 Å². The number of anilines is 1. The highest BCUT2D eigenvalue weighted by Crippen LogP contribution is 2.34. The normalized spacial score (nSPS) is 11.1. The molecule has 0 saturated carbocycles. The van der Waals surface area contributed by atoms with Crippen LogP contribution in [0.3, 0.4) is 0 Å². The predicted molar refractivity (Wildman–Crippen MR) is 130 cm³/mol. The zero-order valence-electron chi connectivity index (χ0n) is 19.8. The van der Waals surface area contributed by atoms with Gasteiger partial charge in [0, 0.05) is 23.4 Å². The molecule has 170 valence electrons. The van der Waals surface area contributed by atoms with E-state index in [1.165, 1.54) is 0 Å². The van der Waals surface area contributed by atoms with E-state index < -0.39 is 0 Å². The molecule has 0 atom stereocenters. The smallest absolute Gasteiger partial charge is 0.256 e. The molecule has 0 aliphatic rings. The number of nitrogens with zero attached hydrogens (tertiary/aromatic N) is 3. The van der Waals surface area contributed by atoms with Gasteiger partial charge in [0.1, 0.15) is 0 Å². The average Bonchev–Trinajstić information content (AvgIpc) is 3.24. The third-order valence-corrected chi connectivity index (χ3v) is 5.63. The van der Waals surface area contributed by atoms with E-state index in [2.05, 4.69) is 10.4 Å². The number of carbonyl (C=O) groups excluding carboxylic acids is 1. The summed E-state index contributed by atoms with van der Waals surface area (Å²) in [7, 11) is 3.15. The first kappa shape index (κ1) is 22.3. The molecule has 0 aliphatic carbocycles. The fourth-order valence-electron chi connectivity index (χ4n) is 3.76. The van der Waals surface area contributed by atoms with Crippen molar-refractivity contribution in [1.29, 1.82) is 0 Å². The molecule has 2 aromatic carbocycles. The van der Waals surface area contributed by atoms with Crippen molar-refractivity contribution in [2.45, 2.75) is 33.7 Å². The average molecular weight is 445 g/mol. The Bertz CT molecular complexity index is 1320. The number of aromatic nitrogens is 3. The Morgan fingerprint density at radius 1 is 1.00 bits per heavy atom. The van der Waals surface area contributed by atoms with E-state index in [9.17, 15) is 4.79 Å². The number of aryl methyl sites for hydroxylation is 2. The molecule has 7 heteroatoms. The Kier molecular flexibility index (Phi) is 6.05. The van der Waals surface area contributed by atoms with Gasteiger partial charge in [-0.3, -0.25) is 4.79 Å². The molecule has 0 aliphatic heterocycles. The van der Waals surface area contributed by atoms with Crippen molar-refractivity contribution in [2.24, 2.45) is 0 Å². The van der Waals surface area contributed by atoms with Gasteiger partial charge >= 0.3 is 0 Å². The molecule has 4 aromatic rings. The van der Waals surface area contributed by atoms with Crippen molar-refractivity contribution in [3.05, 3.63) is 65.4 Å². The molecule has 2 heterocycles. The topological polar surface area (TPSA) is 78.3 Å². The Hall–Kier alpha value is -3.87. The van der Waals surface area contributed by atoms with Crippen LogP contribution in [0.4, 0.5) is 5.69 Å². The van der Waals surface area contributed by atoms with Crippen LogP contribution in [0.25, 0.3) is 22.3 Å². The van der Waals surface area contributed by atoms with Crippen molar-refractivity contribution in [1.82, 2.24) is 14.8 Å². The van der Waals surface area contributed by atoms with E-state index >= 15 is 0 Å². The first-order valence-corrected chi connectivity index (χ1v) is 10.8. The van der Waals surface area contributed by atoms with Gasteiger partial charge in [0.2, 0.25) is 0 Å². The molecule has 1 N–H and O–H groups in total. The first-order chi connectivity index (χ1) is 15.8. The van der Waals surface area contributed by atoms with Crippen LogP contribution in [0.5, 0.6) is 11.5 Å². The monoisotopic (exact) mass is 444 g/mol. The third-order valence-electron chi connectivity index (χ3n) is 5.63. The zero-order valence-corrected chi connectivity index (χ0v) is 19.8. The SMILES string of the molecule is COc1cc(C)c(NC(=O)c2cc(-c3ccc(C)cc3)nc3c2cnn3C(C)C)cc1OC. The van der Waals surface area contributed by atoms with Crippen molar-refractivity contribution in [3.8, 4) is 22.8 Å². The summed E-state index contributed by atoms with van der Waals surface area (Å²) < 4.78 is 12.6. The molecule has 0 saturated heterocycles. The number of hydrogen-bond acceptors (Lipinski definition) is 5. The lowest BCUT2D eigenvalue weighted by atomic mass is 10.0. The van der Waals surface area contributed by atoms with E-state index in [0.717, 1.165) is 22.4 Å². The molecule has 0 spiro atoms. The van der Waals surface area contributed by atoms with Crippen LogP contribution in [-0.4, -0.2) is 34.9 Å². The number of pyridine rings is 1. The molecule has 4 rings (SSSR count). The fraction of sp³-hybridized carbons (Fsp3) is 0.269.